The maximum Gasteiger partial charge on any atom is 0.252 e. The summed E-state index contributed by atoms with van der Waals surface area (Å²) in [7, 11) is 0. The third kappa shape index (κ3) is 5.50. The third-order valence-corrected chi connectivity index (χ3v) is 5.69. The van der Waals surface area contributed by atoms with E-state index >= 15 is 0 Å². The average Bonchev–Trinajstić information content (AvgIpc) is 2.85. The number of nitrogens with two attached hydrogens (primary N) is 2. The first kappa shape index (κ1) is 25.2. The summed E-state index contributed by atoms with van der Waals surface area (Å²) in [5, 5.41) is 5.58. The number of morpholine rings is 1. The molecule has 4 rings (SSSR count). The van der Waals surface area contributed by atoms with Crippen molar-refractivity contribution in [3.63, 3.8) is 0 Å². The Hall–Kier alpha value is -3.90. The van der Waals surface area contributed by atoms with Gasteiger partial charge < -0.3 is 31.7 Å². The van der Waals surface area contributed by atoms with E-state index in [0.29, 0.717) is 26.3 Å². The highest BCUT2D eigenvalue weighted by Crippen LogP contribution is 2.29. The molecular formula is C24H26F3N7O2. The number of primary amides is 1. The molecule has 1 saturated heterocycles. The van der Waals surface area contributed by atoms with Crippen LogP contribution in [0.1, 0.15) is 28.9 Å². The minimum atomic E-state index is -0.952. The topological polar surface area (TPSA) is 131 Å². The molecule has 0 aliphatic carbocycles. The van der Waals surface area contributed by atoms with E-state index in [1.807, 2.05) is 0 Å². The number of pyridine rings is 2. The van der Waals surface area contributed by atoms with E-state index in [0.717, 1.165) is 6.07 Å². The number of nitrogens with zero attached hydrogens (tertiary/aromatic N) is 3. The van der Waals surface area contributed by atoms with Gasteiger partial charge in [0, 0.05) is 30.8 Å². The zero-order chi connectivity index (χ0) is 25.8. The van der Waals surface area contributed by atoms with E-state index in [-0.39, 0.29) is 34.3 Å². The van der Waals surface area contributed by atoms with E-state index in [4.69, 9.17) is 16.2 Å². The highest BCUT2D eigenvalue weighted by molar-refractivity contribution is 5.98. The second kappa shape index (κ2) is 10.8. The van der Waals surface area contributed by atoms with E-state index < -0.39 is 35.4 Å². The van der Waals surface area contributed by atoms with Gasteiger partial charge in [-0.25, -0.2) is 23.1 Å². The Bertz CT molecular complexity index is 1250. The monoisotopic (exact) mass is 501 g/mol. The summed E-state index contributed by atoms with van der Waals surface area (Å²) in [4.78, 5) is 22.1. The number of aromatic nitrogens is 2. The van der Waals surface area contributed by atoms with Crippen LogP contribution in [0.3, 0.4) is 0 Å². The normalized spacial score (nSPS) is 15.3. The number of halogens is 3. The van der Waals surface area contributed by atoms with Gasteiger partial charge in [-0.3, -0.25) is 4.79 Å². The van der Waals surface area contributed by atoms with Crippen LogP contribution in [0.4, 0.5) is 36.3 Å². The van der Waals surface area contributed by atoms with Gasteiger partial charge in [-0.15, -0.1) is 0 Å². The Balaban J connectivity index is 1.65. The van der Waals surface area contributed by atoms with Crippen molar-refractivity contribution in [2.24, 2.45) is 11.5 Å². The minimum Gasteiger partial charge on any atom is -0.378 e. The minimum absolute atomic E-state index is 0.135. The maximum atomic E-state index is 14.9. The molecule has 0 bridgehead atoms. The number of carbonyl (C=O) groups excluding carboxylic acids is 1. The number of carbonyl (C=O) groups is 1. The second-order valence-electron chi connectivity index (χ2n) is 8.34. The number of benzene rings is 1. The summed E-state index contributed by atoms with van der Waals surface area (Å²) < 4.78 is 49.4. The first-order chi connectivity index (χ1) is 17.2. The molecule has 2 aromatic heterocycles. The van der Waals surface area contributed by atoms with Crippen LogP contribution in [-0.4, -0.2) is 48.2 Å². The molecule has 12 heteroatoms. The molecule has 2 atom stereocenters. The van der Waals surface area contributed by atoms with E-state index in [9.17, 15) is 18.0 Å². The van der Waals surface area contributed by atoms with E-state index in [1.54, 1.807) is 17.9 Å². The fourth-order valence-corrected chi connectivity index (χ4v) is 3.88. The fourth-order valence-electron chi connectivity index (χ4n) is 3.88. The van der Waals surface area contributed by atoms with Crippen LogP contribution in [0, 0.1) is 17.5 Å². The molecule has 1 aliphatic heterocycles. The first-order valence-corrected chi connectivity index (χ1v) is 11.3. The third-order valence-electron chi connectivity index (χ3n) is 5.69. The molecule has 0 saturated carbocycles. The fraction of sp³-hybridized carbons (Fsp3) is 0.292. The van der Waals surface area contributed by atoms with E-state index in [2.05, 4.69) is 20.6 Å². The lowest BCUT2D eigenvalue weighted by Crippen LogP contribution is -2.37. The van der Waals surface area contributed by atoms with Gasteiger partial charge in [0.1, 0.15) is 11.6 Å². The van der Waals surface area contributed by atoms with Crippen molar-refractivity contribution in [3.8, 4) is 0 Å². The van der Waals surface area contributed by atoms with Gasteiger partial charge >= 0.3 is 0 Å². The molecule has 3 aromatic rings. The van der Waals surface area contributed by atoms with Gasteiger partial charge in [-0.2, -0.15) is 0 Å². The van der Waals surface area contributed by atoms with Crippen molar-refractivity contribution in [3.05, 3.63) is 71.2 Å². The molecular weight excluding hydrogens is 475 g/mol. The van der Waals surface area contributed by atoms with Crippen LogP contribution in [-0.2, 0) is 4.74 Å². The number of ether oxygens (including phenoxy) is 1. The molecule has 0 radical (unpaired) electrons. The lowest BCUT2D eigenvalue weighted by molar-refractivity contribution is 0.100. The Kier molecular flexibility index (Phi) is 7.55. The number of amides is 1. The lowest BCUT2D eigenvalue weighted by atomic mass is 10.0. The summed E-state index contributed by atoms with van der Waals surface area (Å²) in [5.41, 5.74) is 11.6. The zero-order valence-electron chi connectivity index (χ0n) is 19.5. The molecule has 1 fully saturated rings. The lowest BCUT2D eigenvalue weighted by Gasteiger charge is -2.28. The molecule has 9 nitrogen and oxygen atoms in total. The summed E-state index contributed by atoms with van der Waals surface area (Å²) in [6, 6.07) is 6.54. The quantitative estimate of drug-likeness (QED) is 0.370. The predicted octanol–water partition coefficient (Wildman–Crippen LogP) is 3.07. The van der Waals surface area contributed by atoms with Gasteiger partial charge in [-0.1, -0.05) is 18.2 Å². The number of rotatable bonds is 8. The van der Waals surface area contributed by atoms with Gasteiger partial charge in [-0.05, 0) is 19.1 Å². The Morgan fingerprint density at radius 2 is 1.81 bits per heavy atom. The smallest absolute Gasteiger partial charge is 0.252 e. The molecule has 3 heterocycles. The molecule has 0 unspecified atom stereocenters. The van der Waals surface area contributed by atoms with Gasteiger partial charge in [0.25, 0.3) is 5.91 Å². The number of nitrogens with one attached hydrogen (secondary N) is 2. The average molecular weight is 502 g/mol. The largest absolute Gasteiger partial charge is 0.378 e. The van der Waals surface area contributed by atoms with E-state index in [1.165, 1.54) is 30.5 Å². The SMILES string of the molecule is C[C@H](N)[C@H](Nc1nc(Nc2cnc(N3CCOCC3)c(F)c2)c(C(N)=O)cc1F)c1ccccc1F. The van der Waals surface area contributed by atoms with Crippen molar-refractivity contribution in [1.29, 1.82) is 0 Å². The highest BCUT2D eigenvalue weighted by atomic mass is 19.1. The van der Waals surface area contributed by atoms with Crippen molar-refractivity contribution in [2.75, 3.05) is 41.8 Å². The van der Waals surface area contributed by atoms with Crippen LogP contribution in [0.5, 0.6) is 0 Å². The Morgan fingerprint density at radius 3 is 2.44 bits per heavy atom. The summed E-state index contributed by atoms with van der Waals surface area (Å²) in [5.74, 6) is -3.25. The van der Waals surface area contributed by atoms with Crippen molar-refractivity contribution >= 4 is 29.0 Å². The molecule has 1 aromatic carbocycles. The van der Waals surface area contributed by atoms with Gasteiger partial charge in [0.15, 0.2) is 23.3 Å². The summed E-state index contributed by atoms with van der Waals surface area (Å²) in [6.45, 7) is 3.56. The van der Waals surface area contributed by atoms with Gasteiger partial charge in [0.05, 0.1) is 36.7 Å². The van der Waals surface area contributed by atoms with Crippen molar-refractivity contribution in [2.45, 2.75) is 19.0 Å². The van der Waals surface area contributed by atoms with Crippen LogP contribution < -0.4 is 27.0 Å². The molecule has 1 aliphatic rings. The van der Waals surface area contributed by atoms with Crippen LogP contribution in [0.2, 0.25) is 0 Å². The number of hydrogen-bond acceptors (Lipinski definition) is 8. The predicted molar refractivity (Wildman–Crippen MR) is 130 cm³/mol. The maximum absolute atomic E-state index is 14.9. The van der Waals surface area contributed by atoms with Crippen LogP contribution in [0.25, 0.3) is 0 Å². The standard InChI is InChI=1S/C24H26F3N7O2/c1-13(28)20(15-4-2-3-5-17(15)25)32-23-18(26)11-16(21(29)35)22(33-23)31-14-10-19(27)24(30-12-14)34-6-8-36-9-7-34/h2-5,10-13,20H,6-9,28H2,1H3,(H2,29,35)(H2,31,32,33)/t13-,20-/m0/s1. The van der Waals surface area contributed by atoms with Crippen LogP contribution >= 0.6 is 0 Å². The van der Waals surface area contributed by atoms with Crippen LogP contribution in [0.15, 0.2) is 42.6 Å². The Labute approximate surface area is 205 Å². The Morgan fingerprint density at radius 1 is 1.08 bits per heavy atom. The van der Waals surface area contributed by atoms with Crippen molar-refractivity contribution < 1.29 is 22.7 Å². The summed E-state index contributed by atoms with van der Waals surface area (Å²) >= 11 is 0. The number of anilines is 4. The second-order valence-corrected chi connectivity index (χ2v) is 8.34. The number of hydrogen-bond donors (Lipinski definition) is 4. The first-order valence-electron chi connectivity index (χ1n) is 11.3. The van der Waals surface area contributed by atoms with Crippen molar-refractivity contribution in [1.82, 2.24) is 9.97 Å². The molecule has 6 N–H and O–H groups in total. The van der Waals surface area contributed by atoms with Gasteiger partial charge in [0.2, 0.25) is 0 Å². The highest BCUT2D eigenvalue weighted by Gasteiger charge is 2.24. The molecule has 36 heavy (non-hydrogen) atoms. The molecule has 190 valence electrons. The zero-order valence-corrected chi connectivity index (χ0v) is 19.5. The summed E-state index contributed by atoms with van der Waals surface area (Å²) in [6.07, 6.45) is 1.36. The molecule has 1 amide bonds. The molecule has 0 spiro atoms.